The van der Waals surface area contributed by atoms with Crippen LogP contribution in [0.1, 0.15) is 32.3 Å². The van der Waals surface area contributed by atoms with E-state index in [1.807, 2.05) is 0 Å². The molecule has 1 saturated heterocycles. The van der Waals surface area contributed by atoms with Gasteiger partial charge in [-0.25, -0.2) is 0 Å². The van der Waals surface area contributed by atoms with E-state index in [0.29, 0.717) is 18.0 Å². The number of halogens is 1. The average Bonchev–Trinajstić information content (AvgIpc) is 3.25. The Hall–Kier alpha value is -0.540. The predicted molar refractivity (Wildman–Crippen MR) is 89.4 cm³/mol. The highest BCUT2D eigenvalue weighted by molar-refractivity contribution is 9.10. The number of nitrogens with one attached hydrogen (secondary N) is 1. The SMILES string of the molecule is Cc1cc(N2CC(C3CC3)NCC2C(C)C)ccc1Br. The molecule has 0 amide bonds. The second-order valence-corrected chi connectivity index (χ2v) is 7.60. The Kier molecular flexibility index (Phi) is 4.09. The molecule has 1 saturated carbocycles. The summed E-state index contributed by atoms with van der Waals surface area (Å²) in [5.41, 5.74) is 2.71. The summed E-state index contributed by atoms with van der Waals surface area (Å²) in [6.45, 7) is 9.13. The zero-order valence-electron chi connectivity index (χ0n) is 12.7. The molecule has 2 aliphatic rings. The molecule has 0 spiro atoms. The van der Waals surface area contributed by atoms with Gasteiger partial charge in [0.2, 0.25) is 0 Å². The molecule has 1 heterocycles. The largest absolute Gasteiger partial charge is 0.365 e. The van der Waals surface area contributed by atoms with E-state index >= 15 is 0 Å². The van der Waals surface area contributed by atoms with Crippen molar-refractivity contribution >= 4 is 21.6 Å². The summed E-state index contributed by atoms with van der Waals surface area (Å²) >= 11 is 3.61. The molecule has 20 heavy (non-hydrogen) atoms. The molecule has 110 valence electrons. The van der Waals surface area contributed by atoms with Crippen molar-refractivity contribution in [1.29, 1.82) is 0 Å². The van der Waals surface area contributed by atoms with E-state index in [1.165, 1.54) is 28.6 Å². The first kappa shape index (κ1) is 14.4. The minimum absolute atomic E-state index is 0.602. The van der Waals surface area contributed by atoms with Gasteiger partial charge in [0.05, 0.1) is 0 Å². The number of benzene rings is 1. The van der Waals surface area contributed by atoms with E-state index in [0.717, 1.165) is 19.0 Å². The van der Waals surface area contributed by atoms with E-state index in [4.69, 9.17) is 0 Å². The van der Waals surface area contributed by atoms with Gasteiger partial charge in [-0.3, -0.25) is 0 Å². The van der Waals surface area contributed by atoms with Crippen molar-refractivity contribution in [2.45, 2.75) is 45.7 Å². The third kappa shape index (κ3) is 2.89. The minimum Gasteiger partial charge on any atom is -0.365 e. The number of hydrogen-bond acceptors (Lipinski definition) is 2. The van der Waals surface area contributed by atoms with E-state index in [1.54, 1.807) is 0 Å². The molecule has 0 bridgehead atoms. The smallest absolute Gasteiger partial charge is 0.0438 e. The normalized spacial score (nSPS) is 27.1. The number of nitrogens with zero attached hydrogens (tertiary/aromatic N) is 1. The van der Waals surface area contributed by atoms with Crippen LogP contribution in [0.15, 0.2) is 22.7 Å². The Bertz CT molecular complexity index is 482. The number of aryl methyl sites for hydroxylation is 1. The summed E-state index contributed by atoms with van der Waals surface area (Å²) in [6, 6.07) is 8.08. The van der Waals surface area contributed by atoms with Crippen LogP contribution in [-0.2, 0) is 0 Å². The number of hydrogen-bond donors (Lipinski definition) is 1. The zero-order valence-corrected chi connectivity index (χ0v) is 14.3. The van der Waals surface area contributed by atoms with Gasteiger partial charge in [-0.1, -0.05) is 29.8 Å². The fourth-order valence-electron chi connectivity index (χ4n) is 3.31. The lowest BCUT2D eigenvalue weighted by molar-refractivity contribution is 0.320. The van der Waals surface area contributed by atoms with Crippen molar-refractivity contribution in [3.05, 3.63) is 28.2 Å². The topological polar surface area (TPSA) is 15.3 Å². The standard InChI is InChI=1S/C17H25BrN2/c1-11(2)17-9-19-16(13-4-5-13)10-20(17)14-6-7-15(18)12(3)8-14/h6-8,11,13,16-17,19H,4-5,9-10H2,1-3H3. The van der Waals surface area contributed by atoms with Crippen molar-refractivity contribution in [2.75, 3.05) is 18.0 Å². The molecule has 1 N–H and O–H groups in total. The number of piperazine rings is 1. The summed E-state index contributed by atoms with van der Waals surface area (Å²) in [5, 5.41) is 3.79. The Morgan fingerprint density at radius 1 is 1.30 bits per heavy atom. The molecule has 1 aromatic carbocycles. The maximum absolute atomic E-state index is 3.79. The Balaban J connectivity index is 1.85. The zero-order chi connectivity index (χ0) is 14.3. The van der Waals surface area contributed by atoms with Crippen LogP contribution < -0.4 is 10.2 Å². The second kappa shape index (κ2) is 5.69. The predicted octanol–water partition coefficient (Wildman–Crippen LogP) is 3.97. The van der Waals surface area contributed by atoms with Crippen LogP contribution in [0.4, 0.5) is 5.69 Å². The molecular formula is C17H25BrN2. The van der Waals surface area contributed by atoms with Crippen LogP contribution in [0.5, 0.6) is 0 Å². The summed E-state index contributed by atoms with van der Waals surface area (Å²) in [4.78, 5) is 2.64. The van der Waals surface area contributed by atoms with Crippen molar-refractivity contribution in [1.82, 2.24) is 5.32 Å². The van der Waals surface area contributed by atoms with E-state index in [2.05, 4.69) is 65.1 Å². The van der Waals surface area contributed by atoms with Crippen molar-refractivity contribution in [3.63, 3.8) is 0 Å². The number of anilines is 1. The van der Waals surface area contributed by atoms with Gasteiger partial charge in [0, 0.05) is 35.3 Å². The summed E-state index contributed by atoms with van der Waals surface area (Å²) < 4.78 is 1.20. The molecule has 1 aliphatic carbocycles. The van der Waals surface area contributed by atoms with Gasteiger partial charge < -0.3 is 10.2 Å². The van der Waals surface area contributed by atoms with Gasteiger partial charge in [-0.05, 0) is 55.4 Å². The second-order valence-electron chi connectivity index (χ2n) is 6.75. The Labute approximate surface area is 131 Å². The first-order valence-electron chi connectivity index (χ1n) is 7.82. The third-order valence-electron chi connectivity index (χ3n) is 4.82. The van der Waals surface area contributed by atoms with E-state index in [-0.39, 0.29) is 0 Å². The lowest BCUT2D eigenvalue weighted by Crippen LogP contribution is -2.59. The highest BCUT2D eigenvalue weighted by Gasteiger charge is 2.38. The van der Waals surface area contributed by atoms with Gasteiger partial charge in [-0.2, -0.15) is 0 Å². The fourth-order valence-corrected chi connectivity index (χ4v) is 3.56. The molecule has 2 fully saturated rings. The molecule has 3 heteroatoms. The fraction of sp³-hybridized carbons (Fsp3) is 0.647. The van der Waals surface area contributed by atoms with Gasteiger partial charge in [-0.15, -0.1) is 0 Å². The lowest BCUT2D eigenvalue weighted by Gasteiger charge is -2.44. The molecule has 2 atom stereocenters. The highest BCUT2D eigenvalue weighted by atomic mass is 79.9. The quantitative estimate of drug-likeness (QED) is 0.898. The van der Waals surface area contributed by atoms with Crippen LogP contribution in [0.3, 0.4) is 0 Å². The molecule has 1 aliphatic heterocycles. The van der Waals surface area contributed by atoms with E-state index in [9.17, 15) is 0 Å². The molecule has 2 nitrogen and oxygen atoms in total. The number of rotatable bonds is 3. The third-order valence-corrected chi connectivity index (χ3v) is 5.71. The monoisotopic (exact) mass is 336 g/mol. The maximum atomic E-state index is 3.79. The summed E-state index contributed by atoms with van der Waals surface area (Å²) in [7, 11) is 0. The van der Waals surface area contributed by atoms with Crippen LogP contribution >= 0.6 is 15.9 Å². The summed E-state index contributed by atoms with van der Waals surface area (Å²) in [6.07, 6.45) is 2.83. The first-order valence-corrected chi connectivity index (χ1v) is 8.61. The van der Waals surface area contributed by atoms with Crippen LogP contribution in [0, 0.1) is 18.8 Å². The maximum Gasteiger partial charge on any atom is 0.0438 e. The van der Waals surface area contributed by atoms with Gasteiger partial charge >= 0.3 is 0 Å². The molecule has 3 rings (SSSR count). The molecule has 2 unspecified atom stereocenters. The highest BCUT2D eigenvalue weighted by Crippen LogP contribution is 2.36. The molecule has 0 aromatic heterocycles. The van der Waals surface area contributed by atoms with Gasteiger partial charge in [0.25, 0.3) is 0 Å². The van der Waals surface area contributed by atoms with Crippen molar-refractivity contribution in [2.24, 2.45) is 11.8 Å². The summed E-state index contributed by atoms with van der Waals surface area (Å²) in [5.74, 6) is 1.59. The van der Waals surface area contributed by atoms with Crippen LogP contribution in [0.25, 0.3) is 0 Å². The molecular weight excluding hydrogens is 312 g/mol. The minimum atomic E-state index is 0.602. The Morgan fingerprint density at radius 3 is 2.65 bits per heavy atom. The van der Waals surface area contributed by atoms with Crippen molar-refractivity contribution in [3.8, 4) is 0 Å². The first-order chi connectivity index (χ1) is 9.56. The van der Waals surface area contributed by atoms with Gasteiger partial charge in [0.15, 0.2) is 0 Å². The Morgan fingerprint density at radius 2 is 2.05 bits per heavy atom. The molecule has 0 radical (unpaired) electrons. The van der Waals surface area contributed by atoms with Crippen LogP contribution in [-0.4, -0.2) is 25.2 Å². The molecule has 1 aromatic rings. The van der Waals surface area contributed by atoms with E-state index < -0.39 is 0 Å². The lowest BCUT2D eigenvalue weighted by atomic mass is 9.96. The van der Waals surface area contributed by atoms with Crippen molar-refractivity contribution < 1.29 is 0 Å². The van der Waals surface area contributed by atoms with Gasteiger partial charge in [0.1, 0.15) is 0 Å². The average molecular weight is 337 g/mol. The van der Waals surface area contributed by atoms with Crippen LogP contribution in [0.2, 0.25) is 0 Å².